The molecular weight excluding hydrogens is 293 g/mol. The van der Waals surface area contributed by atoms with Crippen molar-refractivity contribution < 1.29 is 19.1 Å². The van der Waals surface area contributed by atoms with Gasteiger partial charge in [-0.2, -0.15) is 11.8 Å². The van der Waals surface area contributed by atoms with Crippen LogP contribution in [0.1, 0.15) is 6.92 Å². The van der Waals surface area contributed by atoms with Crippen LogP contribution in [0.15, 0.2) is 18.2 Å². The largest absolute Gasteiger partial charge is 0.481 e. The average Bonchev–Trinajstić information content (AvgIpc) is 2.32. The minimum atomic E-state index is -0.894. The van der Waals surface area contributed by atoms with Crippen LogP contribution in [0.4, 0.5) is 10.1 Å². The van der Waals surface area contributed by atoms with Crippen LogP contribution in [0.25, 0.3) is 0 Å². The first-order chi connectivity index (χ1) is 8.90. The van der Waals surface area contributed by atoms with Gasteiger partial charge in [0.25, 0.3) is 0 Å². The van der Waals surface area contributed by atoms with E-state index in [0.29, 0.717) is 11.4 Å². The van der Waals surface area contributed by atoms with E-state index in [2.05, 4.69) is 5.32 Å². The second-order valence-corrected chi connectivity index (χ2v) is 5.36. The summed E-state index contributed by atoms with van der Waals surface area (Å²) in [5.74, 6) is -1.73. The number of benzene rings is 1. The molecule has 0 aliphatic rings. The summed E-state index contributed by atoms with van der Waals surface area (Å²) in [6.07, 6.45) is 0. The molecule has 7 heteroatoms. The molecule has 19 heavy (non-hydrogen) atoms. The summed E-state index contributed by atoms with van der Waals surface area (Å²) in [6, 6.07) is 3.68. The number of carbonyl (C=O) groups is 2. The lowest BCUT2D eigenvalue weighted by atomic mass is 10.2. The number of aliphatic carboxylic acids is 1. The van der Waals surface area contributed by atoms with Gasteiger partial charge in [-0.3, -0.25) is 9.59 Å². The van der Waals surface area contributed by atoms with Crippen LogP contribution in [-0.4, -0.2) is 28.5 Å². The van der Waals surface area contributed by atoms with E-state index in [4.69, 9.17) is 16.7 Å². The van der Waals surface area contributed by atoms with Gasteiger partial charge in [-0.15, -0.1) is 0 Å². The van der Waals surface area contributed by atoms with Gasteiger partial charge in [-0.25, -0.2) is 4.39 Å². The summed E-state index contributed by atoms with van der Waals surface area (Å²) in [7, 11) is 0. The lowest BCUT2D eigenvalue weighted by Crippen LogP contribution is -2.17. The van der Waals surface area contributed by atoms with Gasteiger partial charge >= 0.3 is 5.97 Å². The number of hydrogen-bond acceptors (Lipinski definition) is 3. The Bertz CT molecular complexity index is 484. The molecule has 2 N–H and O–H groups in total. The van der Waals surface area contributed by atoms with Gasteiger partial charge in [0.2, 0.25) is 5.91 Å². The lowest BCUT2D eigenvalue weighted by Gasteiger charge is -2.08. The number of nitrogens with one attached hydrogen (secondary N) is 1. The Hall–Kier alpha value is -1.27. The molecule has 0 aliphatic heterocycles. The molecule has 0 saturated heterocycles. The van der Waals surface area contributed by atoms with Crippen LogP contribution in [0.5, 0.6) is 0 Å². The minimum absolute atomic E-state index is 0.116. The van der Waals surface area contributed by atoms with Gasteiger partial charge in [0.15, 0.2) is 0 Å². The summed E-state index contributed by atoms with van der Waals surface area (Å²) in [5, 5.41) is 11.3. The maximum atomic E-state index is 12.8. The van der Waals surface area contributed by atoms with E-state index < -0.39 is 17.7 Å². The number of anilines is 1. The summed E-state index contributed by atoms with van der Waals surface area (Å²) in [4.78, 5) is 22.1. The van der Waals surface area contributed by atoms with Crippen molar-refractivity contribution in [3.63, 3.8) is 0 Å². The highest BCUT2D eigenvalue weighted by Crippen LogP contribution is 2.22. The SMILES string of the molecule is CC(CSCC(=O)Nc1ccc(F)cc1Cl)C(=O)O. The van der Waals surface area contributed by atoms with E-state index in [9.17, 15) is 14.0 Å². The van der Waals surface area contributed by atoms with E-state index in [1.807, 2.05) is 0 Å². The Balaban J connectivity index is 2.41. The van der Waals surface area contributed by atoms with Gasteiger partial charge in [0, 0.05) is 5.75 Å². The molecule has 0 fully saturated rings. The predicted octanol–water partition coefficient (Wildman–Crippen LogP) is 2.87. The van der Waals surface area contributed by atoms with E-state index in [-0.39, 0.29) is 16.7 Å². The second-order valence-electron chi connectivity index (χ2n) is 3.93. The van der Waals surface area contributed by atoms with Crippen molar-refractivity contribution in [1.29, 1.82) is 0 Å². The number of amides is 1. The number of carbonyl (C=O) groups excluding carboxylic acids is 1. The highest BCUT2D eigenvalue weighted by atomic mass is 35.5. The molecule has 1 atom stereocenters. The Morgan fingerprint density at radius 2 is 2.21 bits per heavy atom. The van der Waals surface area contributed by atoms with Crippen molar-refractivity contribution in [3.05, 3.63) is 29.0 Å². The first-order valence-corrected chi connectivity index (χ1v) is 6.99. The zero-order chi connectivity index (χ0) is 14.4. The van der Waals surface area contributed by atoms with Gasteiger partial charge in [0.1, 0.15) is 5.82 Å². The highest BCUT2D eigenvalue weighted by molar-refractivity contribution is 8.00. The number of hydrogen-bond donors (Lipinski definition) is 2. The van der Waals surface area contributed by atoms with Crippen molar-refractivity contribution in [2.24, 2.45) is 5.92 Å². The fourth-order valence-corrected chi connectivity index (χ4v) is 2.26. The maximum absolute atomic E-state index is 12.8. The van der Waals surface area contributed by atoms with Crippen molar-refractivity contribution in [1.82, 2.24) is 0 Å². The highest BCUT2D eigenvalue weighted by Gasteiger charge is 2.12. The molecule has 1 amide bonds. The first-order valence-electron chi connectivity index (χ1n) is 5.45. The topological polar surface area (TPSA) is 66.4 Å². The molecule has 0 aromatic heterocycles. The number of carboxylic acid groups (broad SMARTS) is 1. The zero-order valence-electron chi connectivity index (χ0n) is 10.2. The number of halogens is 2. The molecule has 1 aromatic rings. The van der Waals surface area contributed by atoms with Gasteiger partial charge in [-0.05, 0) is 18.2 Å². The molecule has 0 spiro atoms. The first kappa shape index (κ1) is 15.8. The predicted molar refractivity (Wildman–Crippen MR) is 74.2 cm³/mol. The van der Waals surface area contributed by atoms with Crippen LogP contribution >= 0.6 is 23.4 Å². The molecule has 104 valence electrons. The van der Waals surface area contributed by atoms with E-state index in [0.717, 1.165) is 6.07 Å². The van der Waals surface area contributed by atoms with Crippen LogP contribution < -0.4 is 5.32 Å². The average molecular weight is 306 g/mol. The normalized spacial score (nSPS) is 11.9. The Labute approximate surface area is 119 Å². The van der Waals surface area contributed by atoms with Crippen molar-refractivity contribution in [2.45, 2.75) is 6.92 Å². The molecule has 4 nitrogen and oxygen atoms in total. The molecule has 0 radical (unpaired) electrons. The molecule has 0 saturated carbocycles. The quantitative estimate of drug-likeness (QED) is 0.848. The lowest BCUT2D eigenvalue weighted by molar-refractivity contribution is -0.140. The molecular formula is C12H13ClFNO3S. The third-order valence-corrected chi connectivity index (χ3v) is 3.74. The number of carboxylic acids is 1. The van der Waals surface area contributed by atoms with E-state index >= 15 is 0 Å². The fourth-order valence-electron chi connectivity index (χ4n) is 1.18. The zero-order valence-corrected chi connectivity index (χ0v) is 11.7. The Kier molecular flexibility index (Phi) is 6.11. The third-order valence-electron chi connectivity index (χ3n) is 2.23. The number of rotatable bonds is 6. The van der Waals surface area contributed by atoms with Crippen molar-refractivity contribution in [3.8, 4) is 0 Å². The Morgan fingerprint density at radius 3 is 2.79 bits per heavy atom. The molecule has 0 aliphatic carbocycles. The standard InChI is InChI=1S/C12H13ClFNO3S/c1-7(12(17)18)5-19-6-11(16)15-10-3-2-8(14)4-9(10)13/h2-4,7H,5-6H2,1H3,(H,15,16)(H,17,18). The van der Waals surface area contributed by atoms with E-state index in [1.165, 1.54) is 23.9 Å². The molecule has 0 heterocycles. The van der Waals surface area contributed by atoms with Gasteiger partial charge in [0.05, 0.1) is 22.4 Å². The van der Waals surface area contributed by atoms with Crippen LogP contribution in [0.2, 0.25) is 5.02 Å². The van der Waals surface area contributed by atoms with Crippen molar-refractivity contribution >= 4 is 40.9 Å². The summed E-state index contributed by atoms with van der Waals surface area (Å²) in [6.45, 7) is 1.57. The minimum Gasteiger partial charge on any atom is -0.481 e. The van der Waals surface area contributed by atoms with Gasteiger partial charge in [-0.1, -0.05) is 18.5 Å². The Morgan fingerprint density at radius 1 is 1.53 bits per heavy atom. The van der Waals surface area contributed by atoms with Crippen molar-refractivity contribution in [2.75, 3.05) is 16.8 Å². The van der Waals surface area contributed by atoms with E-state index in [1.54, 1.807) is 6.92 Å². The molecule has 0 bridgehead atoms. The van der Waals surface area contributed by atoms with Gasteiger partial charge < -0.3 is 10.4 Å². The fraction of sp³-hybridized carbons (Fsp3) is 0.333. The monoisotopic (exact) mass is 305 g/mol. The van der Waals surface area contributed by atoms with Crippen LogP contribution in [0, 0.1) is 11.7 Å². The maximum Gasteiger partial charge on any atom is 0.307 e. The summed E-state index contributed by atoms with van der Waals surface area (Å²) >= 11 is 6.98. The molecule has 1 aromatic carbocycles. The molecule has 1 unspecified atom stereocenters. The second kappa shape index (κ2) is 7.35. The van der Waals surface area contributed by atoms with Crippen LogP contribution in [-0.2, 0) is 9.59 Å². The summed E-state index contributed by atoms with van der Waals surface area (Å²) < 4.78 is 12.8. The summed E-state index contributed by atoms with van der Waals surface area (Å²) in [5.41, 5.74) is 0.333. The third kappa shape index (κ3) is 5.48. The molecule has 1 rings (SSSR count). The van der Waals surface area contributed by atoms with Crippen LogP contribution in [0.3, 0.4) is 0 Å². The number of thioether (sulfide) groups is 1. The smallest absolute Gasteiger partial charge is 0.307 e.